The molecule has 0 radical (unpaired) electrons. The molecule has 1 aliphatic heterocycles. The van der Waals surface area contributed by atoms with E-state index in [1.54, 1.807) is 15.8 Å². The molecule has 8 heteroatoms. The van der Waals surface area contributed by atoms with Gasteiger partial charge in [0.05, 0.1) is 11.2 Å². The second-order valence-corrected chi connectivity index (χ2v) is 7.34. The number of nitrogens with one attached hydrogen (secondary N) is 1. The summed E-state index contributed by atoms with van der Waals surface area (Å²) in [7, 11) is 0. The average Bonchev–Trinajstić information content (AvgIpc) is 3.32. The van der Waals surface area contributed by atoms with Gasteiger partial charge in [-0.05, 0) is 31.4 Å². The number of pyridine rings is 2. The molecular formula is C20H20N6O2. The van der Waals surface area contributed by atoms with Crippen LogP contribution in [0.5, 0.6) is 0 Å². The van der Waals surface area contributed by atoms with Crippen molar-refractivity contribution >= 4 is 34.4 Å². The molecule has 2 aliphatic rings. The molecule has 5 rings (SSSR count). The van der Waals surface area contributed by atoms with Crippen LogP contribution < -0.4 is 10.2 Å². The van der Waals surface area contributed by atoms with Crippen LogP contribution in [0.3, 0.4) is 0 Å². The van der Waals surface area contributed by atoms with Gasteiger partial charge < -0.3 is 5.32 Å². The van der Waals surface area contributed by atoms with E-state index in [-0.39, 0.29) is 11.8 Å². The third-order valence-corrected chi connectivity index (χ3v) is 5.15. The largest absolute Gasteiger partial charge is 0.311 e. The molecule has 0 spiro atoms. The predicted molar refractivity (Wildman–Crippen MR) is 105 cm³/mol. The summed E-state index contributed by atoms with van der Waals surface area (Å²) in [5.41, 5.74) is 1.86. The number of carbonyl (C=O) groups is 2. The third-order valence-electron chi connectivity index (χ3n) is 5.15. The molecule has 1 saturated heterocycles. The molecular weight excluding hydrogens is 356 g/mol. The fourth-order valence-electron chi connectivity index (χ4n) is 3.69. The lowest BCUT2D eigenvalue weighted by atomic mass is 10.2. The van der Waals surface area contributed by atoms with Crippen LogP contribution in [0, 0.1) is 0 Å². The Bertz CT molecular complexity index is 1100. The van der Waals surface area contributed by atoms with Gasteiger partial charge in [0.25, 0.3) is 0 Å². The molecule has 142 valence electrons. The maximum Gasteiger partial charge on any atom is 0.228 e. The van der Waals surface area contributed by atoms with Gasteiger partial charge in [0.1, 0.15) is 11.6 Å². The Kier molecular flexibility index (Phi) is 3.85. The minimum absolute atomic E-state index is 0.103. The smallest absolute Gasteiger partial charge is 0.228 e. The molecule has 8 nitrogen and oxygen atoms in total. The van der Waals surface area contributed by atoms with Crippen molar-refractivity contribution < 1.29 is 9.59 Å². The molecule has 2 amide bonds. The first-order valence-corrected chi connectivity index (χ1v) is 9.54. The quantitative estimate of drug-likeness (QED) is 0.756. The zero-order valence-electron chi connectivity index (χ0n) is 15.6. The normalized spacial score (nSPS) is 16.8. The standard InChI is InChI=1S/C20H20N6O2/c1-12(27)22-16-10-15-14(11-21-16)20(13-7-8-13)24-26(15)18-5-2-4-17(23-18)25-9-3-6-19(25)28/h2,4-5,10-11,13H,3,6-9H2,1H3,(H,21,22,27). The van der Waals surface area contributed by atoms with Crippen molar-refractivity contribution in [2.45, 2.75) is 38.5 Å². The van der Waals surface area contributed by atoms with Crippen LogP contribution in [-0.2, 0) is 9.59 Å². The molecule has 0 unspecified atom stereocenters. The van der Waals surface area contributed by atoms with Crippen LogP contribution in [-0.4, -0.2) is 38.1 Å². The van der Waals surface area contributed by atoms with Crippen molar-refractivity contribution in [2.75, 3.05) is 16.8 Å². The van der Waals surface area contributed by atoms with Gasteiger partial charge in [-0.1, -0.05) is 6.07 Å². The minimum Gasteiger partial charge on any atom is -0.311 e. The second kappa shape index (κ2) is 6.40. The van der Waals surface area contributed by atoms with E-state index in [1.165, 1.54) is 6.92 Å². The van der Waals surface area contributed by atoms with E-state index in [0.29, 0.717) is 36.3 Å². The Morgan fingerprint density at radius 1 is 1.25 bits per heavy atom. The first-order valence-electron chi connectivity index (χ1n) is 9.54. The number of nitrogens with zero attached hydrogens (tertiary/aromatic N) is 5. The number of hydrogen-bond acceptors (Lipinski definition) is 5. The Morgan fingerprint density at radius 2 is 2.07 bits per heavy atom. The maximum absolute atomic E-state index is 12.1. The van der Waals surface area contributed by atoms with Crippen LogP contribution in [0.25, 0.3) is 16.7 Å². The van der Waals surface area contributed by atoms with Crippen molar-refractivity contribution in [3.05, 3.63) is 36.2 Å². The van der Waals surface area contributed by atoms with Gasteiger partial charge in [-0.15, -0.1) is 0 Å². The van der Waals surface area contributed by atoms with E-state index in [4.69, 9.17) is 10.1 Å². The number of anilines is 2. The average molecular weight is 376 g/mol. The van der Waals surface area contributed by atoms with Crippen LogP contribution in [0.1, 0.15) is 44.2 Å². The summed E-state index contributed by atoms with van der Waals surface area (Å²) in [4.78, 5) is 34.3. The lowest BCUT2D eigenvalue weighted by Crippen LogP contribution is -2.25. The fraction of sp³-hybridized carbons (Fsp3) is 0.350. The summed E-state index contributed by atoms with van der Waals surface area (Å²) in [5.74, 6) is 2.15. The number of rotatable bonds is 4. The Hall–Kier alpha value is -3.29. The number of amides is 2. The summed E-state index contributed by atoms with van der Waals surface area (Å²) in [5, 5.41) is 8.53. The van der Waals surface area contributed by atoms with Crippen molar-refractivity contribution in [1.82, 2.24) is 19.7 Å². The number of carbonyl (C=O) groups excluding carboxylic acids is 2. The van der Waals surface area contributed by atoms with Crippen molar-refractivity contribution in [1.29, 1.82) is 0 Å². The molecule has 1 saturated carbocycles. The summed E-state index contributed by atoms with van der Waals surface area (Å²) >= 11 is 0. The predicted octanol–water partition coefficient (Wildman–Crippen LogP) is 2.78. The molecule has 0 atom stereocenters. The molecule has 0 bridgehead atoms. The lowest BCUT2D eigenvalue weighted by Gasteiger charge is -2.15. The van der Waals surface area contributed by atoms with Crippen molar-refractivity contribution in [3.8, 4) is 5.82 Å². The summed E-state index contributed by atoms with van der Waals surface area (Å²) in [6.07, 6.45) is 5.43. The van der Waals surface area contributed by atoms with Gasteiger partial charge in [0.2, 0.25) is 11.8 Å². The van der Waals surface area contributed by atoms with Gasteiger partial charge >= 0.3 is 0 Å². The highest BCUT2D eigenvalue weighted by atomic mass is 16.2. The van der Waals surface area contributed by atoms with E-state index in [0.717, 1.165) is 35.9 Å². The zero-order valence-corrected chi connectivity index (χ0v) is 15.6. The first kappa shape index (κ1) is 16.9. The first-order chi connectivity index (χ1) is 13.6. The van der Waals surface area contributed by atoms with E-state index >= 15 is 0 Å². The topological polar surface area (TPSA) is 93.0 Å². The summed E-state index contributed by atoms with van der Waals surface area (Å²) < 4.78 is 1.79. The Morgan fingerprint density at radius 3 is 2.79 bits per heavy atom. The second-order valence-electron chi connectivity index (χ2n) is 7.34. The van der Waals surface area contributed by atoms with E-state index < -0.39 is 0 Å². The van der Waals surface area contributed by atoms with Crippen LogP contribution in [0.15, 0.2) is 30.5 Å². The zero-order chi connectivity index (χ0) is 19.3. The summed E-state index contributed by atoms with van der Waals surface area (Å²) in [6.45, 7) is 2.15. The maximum atomic E-state index is 12.1. The molecule has 1 N–H and O–H groups in total. The van der Waals surface area contributed by atoms with Crippen LogP contribution >= 0.6 is 0 Å². The highest BCUT2D eigenvalue weighted by molar-refractivity contribution is 5.94. The van der Waals surface area contributed by atoms with Crippen LogP contribution in [0.2, 0.25) is 0 Å². The molecule has 4 heterocycles. The lowest BCUT2D eigenvalue weighted by molar-refractivity contribution is -0.117. The highest BCUT2D eigenvalue weighted by Gasteiger charge is 2.30. The van der Waals surface area contributed by atoms with Gasteiger partial charge in [-0.25, -0.2) is 14.6 Å². The number of fused-ring (bicyclic) bond motifs is 1. The van der Waals surface area contributed by atoms with E-state index in [9.17, 15) is 9.59 Å². The summed E-state index contributed by atoms with van der Waals surface area (Å²) in [6, 6.07) is 7.45. The number of hydrogen-bond donors (Lipinski definition) is 1. The number of aromatic nitrogens is 4. The Balaban J connectivity index is 1.63. The molecule has 3 aromatic heterocycles. The van der Waals surface area contributed by atoms with E-state index in [2.05, 4.69) is 10.3 Å². The molecule has 3 aromatic rings. The highest BCUT2D eigenvalue weighted by Crippen LogP contribution is 2.43. The van der Waals surface area contributed by atoms with E-state index in [1.807, 2.05) is 24.3 Å². The molecule has 2 fully saturated rings. The minimum atomic E-state index is -0.173. The Labute approximate surface area is 161 Å². The molecule has 0 aromatic carbocycles. The third kappa shape index (κ3) is 2.90. The van der Waals surface area contributed by atoms with Crippen molar-refractivity contribution in [3.63, 3.8) is 0 Å². The fourth-order valence-corrected chi connectivity index (χ4v) is 3.69. The van der Waals surface area contributed by atoms with Gasteiger partial charge in [0, 0.05) is 43.5 Å². The molecule has 28 heavy (non-hydrogen) atoms. The van der Waals surface area contributed by atoms with Gasteiger partial charge in [-0.2, -0.15) is 5.10 Å². The molecule has 1 aliphatic carbocycles. The monoisotopic (exact) mass is 376 g/mol. The van der Waals surface area contributed by atoms with Crippen LogP contribution in [0.4, 0.5) is 11.6 Å². The van der Waals surface area contributed by atoms with Gasteiger partial charge in [0.15, 0.2) is 5.82 Å². The SMILES string of the molecule is CC(=O)Nc1cc2c(cn1)c(C1CC1)nn2-c1cccc(N2CCCC2=O)n1. The van der Waals surface area contributed by atoms with Gasteiger partial charge in [-0.3, -0.25) is 14.5 Å². The van der Waals surface area contributed by atoms with Crippen molar-refractivity contribution in [2.24, 2.45) is 0 Å².